The van der Waals surface area contributed by atoms with Crippen LogP contribution in [0.2, 0.25) is 0 Å². The van der Waals surface area contributed by atoms with E-state index in [-0.39, 0.29) is 11.9 Å². The Kier molecular flexibility index (Phi) is 4.53. The van der Waals surface area contributed by atoms with Gasteiger partial charge in [-0.3, -0.25) is 9.36 Å². The van der Waals surface area contributed by atoms with Crippen LogP contribution < -0.4 is 10.1 Å². The predicted molar refractivity (Wildman–Crippen MR) is 124 cm³/mol. The molecule has 4 aromatic rings. The van der Waals surface area contributed by atoms with Gasteiger partial charge in [-0.15, -0.1) is 0 Å². The Bertz CT molecular complexity index is 1360. The molecular weight excluding hydrogens is 416 g/mol. The fraction of sp³-hybridized carbons (Fsp3) is 0.280. The highest BCUT2D eigenvalue weighted by atomic mass is 16.5. The molecule has 1 aromatic carbocycles. The lowest BCUT2D eigenvalue weighted by Crippen LogP contribution is -2.17. The summed E-state index contributed by atoms with van der Waals surface area (Å²) in [4.78, 5) is 26.8. The first-order valence-electron chi connectivity index (χ1n) is 11.2. The number of nitrogens with one attached hydrogen (secondary N) is 1. The predicted octanol–water partition coefficient (Wildman–Crippen LogP) is 4.73. The number of rotatable bonds is 5. The average molecular weight is 441 g/mol. The van der Waals surface area contributed by atoms with E-state index in [4.69, 9.17) is 4.74 Å². The number of imidazole rings is 2. The van der Waals surface area contributed by atoms with E-state index in [2.05, 4.69) is 38.7 Å². The van der Waals surface area contributed by atoms with Gasteiger partial charge >= 0.3 is 0 Å². The first kappa shape index (κ1) is 19.7. The first-order valence-corrected chi connectivity index (χ1v) is 11.2. The van der Waals surface area contributed by atoms with Crippen molar-refractivity contribution in [2.24, 2.45) is 0 Å². The SMILES string of the molecule is CC(C)n1ccnc1-c1cccc(NC(=O)c2ccc3c(c2)-n2cnc(C4CC4)c2CO3)n1. The van der Waals surface area contributed by atoms with Crippen LogP contribution in [0, 0.1) is 0 Å². The zero-order valence-corrected chi connectivity index (χ0v) is 18.5. The van der Waals surface area contributed by atoms with Crippen molar-refractivity contribution in [1.82, 2.24) is 24.1 Å². The highest BCUT2D eigenvalue weighted by molar-refractivity contribution is 6.04. The Labute approximate surface area is 191 Å². The number of carbonyl (C=O) groups is 1. The molecule has 6 rings (SSSR count). The molecule has 1 aliphatic heterocycles. The number of pyridine rings is 1. The van der Waals surface area contributed by atoms with Gasteiger partial charge in [0.25, 0.3) is 5.91 Å². The molecule has 1 N–H and O–H groups in total. The van der Waals surface area contributed by atoms with E-state index in [0.717, 1.165) is 28.6 Å². The van der Waals surface area contributed by atoms with E-state index in [9.17, 15) is 4.79 Å². The van der Waals surface area contributed by atoms with Crippen LogP contribution in [0.15, 0.2) is 55.1 Å². The third-order valence-corrected chi connectivity index (χ3v) is 6.15. The Hall–Kier alpha value is -3.94. The summed E-state index contributed by atoms with van der Waals surface area (Å²) in [5, 5.41) is 2.92. The summed E-state index contributed by atoms with van der Waals surface area (Å²) in [5.41, 5.74) is 4.28. The van der Waals surface area contributed by atoms with E-state index in [1.807, 2.05) is 41.4 Å². The highest BCUT2D eigenvalue weighted by Gasteiger charge is 2.32. The first-order chi connectivity index (χ1) is 16.1. The molecule has 0 bridgehead atoms. The van der Waals surface area contributed by atoms with Gasteiger partial charge in [0.05, 0.1) is 23.4 Å². The van der Waals surface area contributed by atoms with Crippen LogP contribution in [0.3, 0.4) is 0 Å². The van der Waals surface area contributed by atoms with Crippen molar-refractivity contribution >= 4 is 11.7 Å². The summed E-state index contributed by atoms with van der Waals surface area (Å²) in [6.45, 7) is 4.69. The quantitative estimate of drug-likeness (QED) is 0.485. The zero-order valence-electron chi connectivity index (χ0n) is 18.5. The van der Waals surface area contributed by atoms with Gasteiger partial charge in [0.15, 0.2) is 5.82 Å². The number of anilines is 1. The third kappa shape index (κ3) is 3.47. The van der Waals surface area contributed by atoms with E-state index >= 15 is 0 Å². The lowest BCUT2D eigenvalue weighted by atomic mass is 10.1. The zero-order chi connectivity index (χ0) is 22.5. The Morgan fingerprint density at radius 2 is 2.06 bits per heavy atom. The Morgan fingerprint density at radius 3 is 2.88 bits per heavy atom. The summed E-state index contributed by atoms with van der Waals surface area (Å²) >= 11 is 0. The number of ether oxygens (including phenoxy) is 1. The summed E-state index contributed by atoms with van der Waals surface area (Å²) in [6.07, 6.45) is 7.90. The molecule has 0 atom stereocenters. The molecule has 0 unspecified atom stereocenters. The number of hydrogen-bond acceptors (Lipinski definition) is 5. The van der Waals surface area contributed by atoms with Crippen LogP contribution >= 0.6 is 0 Å². The lowest BCUT2D eigenvalue weighted by Gasteiger charge is -2.21. The van der Waals surface area contributed by atoms with Gasteiger partial charge in [-0.2, -0.15) is 0 Å². The summed E-state index contributed by atoms with van der Waals surface area (Å²) in [7, 11) is 0. The van der Waals surface area contributed by atoms with Gasteiger partial charge in [-0.05, 0) is 57.0 Å². The minimum atomic E-state index is -0.232. The largest absolute Gasteiger partial charge is 0.485 e. The van der Waals surface area contributed by atoms with Gasteiger partial charge in [-0.1, -0.05) is 6.07 Å². The van der Waals surface area contributed by atoms with Crippen LogP contribution in [0.4, 0.5) is 5.82 Å². The maximum Gasteiger partial charge on any atom is 0.256 e. The van der Waals surface area contributed by atoms with Crippen LogP contribution in [-0.4, -0.2) is 30.0 Å². The molecule has 1 saturated carbocycles. The molecule has 0 spiro atoms. The number of hydrogen-bond donors (Lipinski definition) is 1. The molecule has 166 valence electrons. The van der Waals surface area contributed by atoms with Crippen LogP contribution in [0.5, 0.6) is 5.75 Å². The van der Waals surface area contributed by atoms with Crippen molar-refractivity contribution in [3.05, 3.63) is 72.1 Å². The molecular formula is C25H24N6O2. The van der Waals surface area contributed by atoms with Crippen molar-refractivity contribution in [3.8, 4) is 23.0 Å². The second-order valence-corrected chi connectivity index (χ2v) is 8.81. The molecule has 3 aromatic heterocycles. The second kappa shape index (κ2) is 7.58. The maximum absolute atomic E-state index is 13.1. The maximum atomic E-state index is 13.1. The number of carbonyl (C=O) groups excluding carboxylic acids is 1. The molecule has 33 heavy (non-hydrogen) atoms. The van der Waals surface area contributed by atoms with Gasteiger partial charge in [0.2, 0.25) is 0 Å². The minimum Gasteiger partial charge on any atom is -0.485 e. The molecule has 1 amide bonds. The molecule has 1 fully saturated rings. The van der Waals surface area contributed by atoms with Gasteiger partial charge in [0, 0.05) is 29.9 Å². The van der Waals surface area contributed by atoms with Gasteiger partial charge in [-0.25, -0.2) is 15.0 Å². The second-order valence-electron chi connectivity index (χ2n) is 8.81. The number of nitrogens with zero attached hydrogens (tertiary/aromatic N) is 5. The van der Waals surface area contributed by atoms with E-state index in [1.54, 1.807) is 18.3 Å². The van der Waals surface area contributed by atoms with Gasteiger partial charge < -0.3 is 14.6 Å². The van der Waals surface area contributed by atoms with Crippen LogP contribution in [-0.2, 0) is 6.61 Å². The number of aromatic nitrogens is 5. The average Bonchev–Trinajstić information content (AvgIpc) is 3.37. The van der Waals surface area contributed by atoms with E-state index in [0.29, 0.717) is 29.6 Å². The molecule has 0 radical (unpaired) electrons. The van der Waals surface area contributed by atoms with Crippen molar-refractivity contribution in [2.45, 2.75) is 45.3 Å². The monoisotopic (exact) mass is 440 g/mol. The van der Waals surface area contributed by atoms with Crippen molar-refractivity contribution in [3.63, 3.8) is 0 Å². The molecule has 8 heteroatoms. The highest BCUT2D eigenvalue weighted by Crippen LogP contribution is 2.43. The molecule has 2 aliphatic rings. The fourth-order valence-corrected chi connectivity index (χ4v) is 4.30. The number of fused-ring (bicyclic) bond motifs is 3. The standard InChI is InChI=1S/C25H24N6O2/c1-15(2)30-11-10-26-24(30)18-4-3-5-22(28-18)29-25(32)17-8-9-21-19(12-17)31-14-27-23(16-6-7-16)20(31)13-33-21/h3-5,8-12,14-16H,6-7,13H2,1-2H3,(H,28,29,32). The third-order valence-electron chi connectivity index (χ3n) is 6.15. The van der Waals surface area contributed by atoms with Crippen molar-refractivity contribution in [2.75, 3.05) is 5.32 Å². The van der Waals surface area contributed by atoms with Crippen molar-refractivity contribution in [1.29, 1.82) is 0 Å². The molecule has 8 nitrogen and oxygen atoms in total. The lowest BCUT2D eigenvalue weighted by molar-refractivity contribution is 0.102. The summed E-state index contributed by atoms with van der Waals surface area (Å²) in [6, 6.07) is 11.3. The number of benzene rings is 1. The molecule has 1 aliphatic carbocycles. The number of amides is 1. The smallest absolute Gasteiger partial charge is 0.256 e. The van der Waals surface area contributed by atoms with E-state index in [1.165, 1.54) is 12.8 Å². The minimum absolute atomic E-state index is 0.232. The normalized spacial score (nSPS) is 14.5. The molecule has 4 heterocycles. The van der Waals surface area contributed by atoms with Crippen molar-refractivity contribution < 1.29 is 9.53 Å². The van der Waals surface area contributed by atoms with Gasteiger partial charge in [0.1, 0.15) is 23.9 Å². The van der Waals surface area contributed by atoms with E-state index < -0.39 is 0 Å². The van der Waals surface area contributed by atoms with Crippen LogP contribution in [0.25, 0.3) is 17.2 Å². The van der Waals surface area contributed by atoms with Crippen LogP contribution in [0.1, 0.15) is 60.4 Å². The fourth-order valence-electron chi connectivity index (χ4n) is 4.30. The Balaban J connectivity index is 1.27. The summed E-state index contributed by atoms with van der Waals surface area (Å²) < 4.78 is 10.1. The Morgan fingerprint density at radius 1 is 1.18 bits per heavy atom. The molecule has 0 saturated heterocycles. The summed E-state index contributed by atoms with van der Waals surface area (Å²) in [5.74, 6) is 2.31. The topological polar surface area (TPSA) is 86.9 Å².